The van der Waals surface area contributed by atoms with Crippen molar-refractivity contribution in [1.29, 1.82) is 0 Å². The Balaban J connectivity index is 3.04. The number of hydrogen-bond acceptors (Lipinski definition) is 3. The minimum absolute atomic E-state index is 0.145. The lowest BCUT2D eigenvalue weighted by atomic mass is 9.90. The highest BCUT2D eigenvalue weighted by atomic mass is 16.7. The largest absolute Gasteiger partial charge is 0.487 e. The van der Waals surface area contributed by atoms with Gasteiger partial charge in [-0.15, -0.1) is 0 Å². The molecular formula is C27H47O3. The number of ether oxygens (including phenoxy) is 3. The first kappa shape index (κ1) is 26.7. The Morgan fingerprint density at radius 1 is 0.800 bits per heavy atom. The molecule has 0 aromatic carbocycles. The van der Waals surface area contributed by atoms with Crippen molar-refractivity contribution < 1.29 is 14.2 Å². The zero-order valence-corrected chi connectivity index (χ0v) is 20.6. The Bertz CT molecular complexity index is 518. The van der Waals surface area contributed by atoms with Crippen LogP contribution in [-0.4, -0.2) is 11.9 Å². The van der Waals surface area contributed by atoms with Gasteiger partial charge in [0.25, 0.3) is 5.79 Å². The van der Waals surface area contributed by atoms with Crippen LogP contribution >= 0.6 is 0 Å². The third-order valence-electron chi connectivity index (χ3n) is 5.49. The fourth-order valence-corrected chi connectivity index (χ4v) is 3.70. The molecular weight excluding hydrogens is 372 g/mol. The van der Waals surface area contributed by atoms with E-state index in [2.05, 4.69) is 52.3 Å². The number of unbranched alkanes of at least 4 members (excludes halogenated alkanes) is 6. The topological polar surface area (TPSA) is 27.7 Å². The van der Waals surface area contributed by atoms with Crippen LogP contribution in [-0.2, 0) is 14.2 Å². The minimum Gasteiger partial charge on any atom is -0.487 e. The summed E-state index contributed by atoms with van der Waals surface area (Å²) in [7, 11) is 0. The molecule has 0 N–H and O–H groups in total. The van der Waals surface area contributed by atoms with E-state index in [-0.39, 0.29) is 6.10 Å². The van der Waals surface area contributed by atoms with Gasteiger partial charge < -0.3 is 14.2 Å². The Hall–Kier alpha value is -1.38. The molecule has 1 aliphatic rings. The molecule has 1 aliphatic carbocycles. The number of hydrogen-bond donors (Lipinski definition) is 0. The van der Waals surface area contributed by atoms with Crippen LogP contribution in [0, 0.1) is 6.42 Å². The summed E-state index contributed by atoms with van der Waals surface area (Å²) < 4.78 is 19.5. The smallest absolute Gasteiger partial charge is 0.290 e. The zero-order valence-electron chi connectivity index (χ0n) is 20.6. The molecule has 0 amide bonds. The summed E-state index contributed by atoms with van der Waals surface area (Å²) in [5.41, 5.74) is 0. The van der Waals surface area contributed by atoms with Crippen LogP contribution in [0.1, 0.15) is 119 Å². The van der Waals surface area contributed by atoms with E-state index in [9.17, 15) is 0 Å². The summed E-state index contributed by atoms with van der Waals surface area (Å²) in [4.78, 5) is 0. The second-order valence-corrected chi connectivity index (χ2v) is 8.54. The maximum atomic E-state index is 6.53. The molecule has 0 spiro atoms. The summed E-state index contributed by atoms with van der Waals surface area (Å²) in [5.74, 6) is 1.95. The van der Waals surface area contributed by atoms with Gasteiger partial charge in [-0.05, 0) is 96.8 Å². The van der Waals surface area contributed by atoms with Gasteiger partial charge in [0.05, 0.1) is 23.7 Å². The fourth-order valence-electron chi connectivity index (χ4n) is 3.70. The van der Waals surface area contributed by atoms with Crippen LogP contribution in [0.4, 0.5) is 0 Å². The maximum absolute atomic E-state index is 6.53. The molecule has 0 heterocycles. The van der Waals surface area contributed by atoms with E-state index in [0.29, 0.717) is 0 Å². The van der Waals surface area contributed by atoms with Gasteiger partial charge in [-0.1, -0.05) is 40.0 Å². The standard InChI is InChI=1S/C27H47O3/c1-7-10-13-18-23(4)28-26-21-16-17-22-27(26,29-24(5)19-14-11-8-2)30-25(6)20-15-12-9-3/h18-20,22,26H,7-17,21H2,1-6H3. The first-order chi connectivity index (χ1) is 14.5. The average Bonchev–Trinajstić information content (AvgIpc) is 2.70. The SMILES string of the molecule is CCCCC=C(C)OC1CCC[CH]C1(OC(C)=CCCCC)OC(C)=CCCCC. The highest BCUT2D eigenvalue weighted by Crippen LogP contribution is 2.39. The molecule has 3 heteroatoms. The normalized spacial score (nSPS) is 23.4. The van der Waals surface area contributed by atoms with E-state index in [4.69, 9.17) is 14.2 Å². The van der Waals surface area contributed by atoms with E-state index in [1.807, 2.05) is 13.8 Å². The van der Waals surface area contributed by atoms with E-state index < -0.39 is 5.79 Å². The monoisotopic (exact) mass is 419 g/mol. The lowest BCUT2D eigenvalue weighted by molar-refractivity contribution is -0.238. The Kier molecular flexibility index (Phi) is 13.7. The van der Waals surface area contributed by atoms with Crippen molar-refractivity contribution in [3.05, 3.63) is 41.9 Å². The number of allylic oxidation sites excluding steroid dienone is 6. The molecule has 0 aromatic rings. The van der Waals surface area contributed by atoms with Gasteiger partial charge in [0.15, 0.2) is 6.10 Å². The van der Waals surface area contributed by atoms with Gasteiger partial charge in [-0.3, -0.25) is 0 Å². The van der Waals surface area contributed by atoms with Crippen molar-refractivity contribution in [3.63, 3.8) is 0 Å². The second-order valence-electron chi connectivity index (χ2n) is 8.54. The van der Waals surface area contributed by atoms with Gasteiger partial charge in [0, 0.05) is 0 Å². The van der Waals surface area contributed by atoms with E-state index in [1.54, 1.807) is 0 Å². The van der Waals surface area contributed by atoms with Crippen LogP contribution in [0.5, 0.6) is 0 Å². The first-order valence-corrected chi connectivity index (χ1v) is 12.4. The van der Waals surface area contributed by atoms with Crippen LogP contribution in [0.25, 0.3) is 0 Å². The average molecular weight is 420 g/mol. The van der Waals surface area contributed by atoms with Crippen LogP contribution in [0.3, 0.4) is 0 Å². The van der Waals surface area contributed by atoms with Gasteiger partial charge in [0.1, 0.15) is 0 Å². The van der Waals surface area contributed by atoms with Gasteiger partial charge in [0.2, 0.25) is 0 Å². The molecule has 3 nitrogen and oxygen atoms in total. The van der Waals surface area contributed by atoms with E-state index in [0.717, 1.165) is 55.8 Å². The van der Waals surface area contributed by atoms with E-state index >= 15 is 0 Å². The highest BCUT2D eigenvalue weighted by molar-refractivity contribution is 5.07. The van der Waals surface area contributed by atoms with Crippen LogP contribution in [0.2, 0.25) is 0 Å². The molecule has 0 aromatic heterocycles. The van der Waals surface area contributed by atoms with Crippen LogP contribution in [0.15, 0.2) is 35.5 Å². The van der Waals surface area contributed by atoms with Crippen molar-refractivity contribution in [2.45, 2.75) is 130 Å². The molecule has 1 radical (unpaired) electrons. The molecule has 1 unspecified atom stereocenters. The maximum Gasteiger partial charge on any atom is 0.290 e. The predicted octanol–water partition coefficient (Wildman–Crippen LogP) is 8.77. The minimum atomic E-state index is -0.863. The molecule has 0 bridgehead atoms. The summed E-state index contributed by atoms with van der Waals surface area (Å²) in [6.07, 6.45) is 21.9. The predicted molar refractivity (Wildman–Crippen MR) is 128 cm³/mol. The van der Waals surface area contributed by atoms with Crippen molar-refractivity contribution in [2.75, 3.05) is 0 Å². The third-order valence-corrected chi connectivity index (χ3v) is 5.49. The number of rotatable bonds is 15. The molecule has 30 heavy (non-hydrogen) atoms. The molecule has 173 valence electrons. The van der Waals surface area contributed by atoms with Crippen molar-refractivity contribution in [2.24, 2.45) is 0 Å². The molecule has 1 rings (SSSR count). The summed E-state index contributed by atoms with van der Waals surface area (Å²) in [6.45, 7) is 12.8. The van der Waals surface area contributed by atoms with Gasteiger partial charge >= 0.3 is 0 Å². The van der Waals surface area contributed by atoms with E-state index in [1.165, 1.54) is 38.5 Å². The van der Waals surface area contributed by atoms with Crippen LogP contribution < -0.4 is 0 Å². The first-order valence-electron chi connectivity index (χ1n) is 12.4. The summed E-state index contributed by atoms with van der Waals surface area (Å²) in [5, 5.41) is 0. The van der Waals surface area contributed by atoms with Crippen molar-refractivity contribution >= 4 is 0 Å². The summed E-state index contributed by atoms with van der Waals surface area (Å²) in [6, 6.07) is 0. The Labute approximate surface area is 186 Å². The second kappa shape index (κ2) is 15.4. The molecule has 1 atom stereocenters. The third kappa shape index (κ3) is 10.1. The quantitative estimate of drug-likeness (QED) is 0.151. The Morgan fingerprint density at radius 3 is 1.73 bits per heavy atom. The highest BCUT2D eigenvalue weighted by Gasteiger charge is 2.48. The summed E-state index contributed by atoms with van der Waals surface area (Å²) >= 11 is 0. The molecule has 1 saturated carbocycles. The molecule has 1 fully saturated rings. The zero-order chi connectivity index (χ0) is 22.2. The Morgan fingerprint density at radius 2 is 1.27 bits per heavy atom. The molecule has 0 aliphatic heterocycles. The fraction of sp³-hybridized carbons (Fsp3) is 0.741. The van der Waals surface area contributed by atoms with Gasteiger partial charge in [-0.2, -0.15) is 0 Å². The van der Waals surface area contributed by atoms with Gasteiger partial charge in [-0.25, -0.2) is 0 Å². The van der Waals surface area contributed by atoms with Crippen molar-refractivity contribution in [3.8, 4) is 0 Å². The molecule has 0 saturated heterocycles. The van der Waals surface area contributed by atoms with Crippen molar-refractivity contribution in [1.82, 2.24) is 0 Å². The lowest BCUT2D eigenvalue weighted by Crippen LogP contribution is -2.50. The lowest BCUT2D eigenvalue weighted by Gasteiger charge is -2.43.